The molecule has 1 fully saturated rings. The Balaban J connectivity index is 1.80. The summed E-state index contributed by atoms with van der Waals surface area (Å²) in [6.45, 7) is 3.19. The van der Waals surface area contributed by atoms with E-state index in [1.54, 1.807) is 0 Å². The molecular formula is C15H20O5. The largest absolute Gasteiger partial charge is 0.494 e. The third-order valence-electron chi connectivity index (χ3n) is 3.11. The number of carbonyl (C=O) groups is 1. The van der Waals surface area contributed by atoms with Gasteiger partial charge in [0, 0.05) is 6.42 Å². The normalized spacial score (nSPS) is 22.4. The first-order chi connectivity index (χ1) is 9.69. The van der Waals surface area contributed by atoms with Crippen LogP contribution in [0.15, 0.2) is 24.3 Å². The number of aliphatic carboxylic acids is 1. The van der Waals surface area contributed by atoms with Gasteiger partial charge in [-0.1, -0.05) is 19.1 Å². The number of hydrogen-bond donors (Lipinski definition) is 1. The summed E-state index contributed by atoms with van der Waals surface area (Å²) in [4.78, 5) is 10.8. The summed E-state index contributed by atoms with van der Waals surface area (Å²) in [5.74, 6) is -0.580. The Labute approximate surface area is 118 Å². The Morgan fingerprint density at radius 2 is 1.95 bits per heavy atom. The zero-order chi connectivity index (χ0) is 14.4. The van der Waals surface area contributed by atoms with Crippen LogP contribution in [-0.2, 0) is 20.7 Å². The number of rotatable bonds is 6. The molecule has 0 radical (unpaired) electrons. The second-order valence-corrected chi connectivity index (χ2v) is 4.83. The fourth-order valence-electron chi connectivity index (χ4n) is 1.94. The maximum Gasteiger partial charge on any atom is 0.311 e. The van der Waals surface area contributed by atoms with Gasteiger partial charge in [0.05, 0.1) is 19.8 Å². The van der Waals surface area contributed by atoms with Crippen molar-refractivity contribution in [2.45, 2.75) is 26.1 Å². The van der Waals surface area contributed by atoms with Crippen molar-refractivity contribution >= 4 is 5.97 Å². The van der Waals surface area contributed by atoms with E-state index in [0.29, 0.717) is 13.0 Å². The van der Waals surface area contributed by atoms with Crippen molar-refractivity contribution in [1.82, 2.24) is 0 Å². The van der Waals surface area contributed by atoms with Crippen molar-refractivity contribution < 1.29 is 24.1 Å². The molecule has 1 saturated heterocycles. The molecule has 2 rings (SSSR count). The van der Waals surface area contributed by atoms with E-state index < -0.39 is 11.9 Å². The van der Waals surface area contributed by atoms with Crippen LogP contribution >= 0.6 is 0 Å². The van der Waals surface area contributed by atoms with Crippen molar-refractivity contribution in [3.63, 3.8) is 0 Å². The predicted octanol–water partition coefficient (Wildman–Crippen LogP) is 2.09. The van der Waals surface area contributed by atoms with Gasteiger partial charge in [0.2, 0.25) is 0 Å². The SMILES string of the molecule is CCCOc1ccc(CC2OCC(C(=O)O)CO2)cc1. The summed E-state index contributed by atoms with van der Waals surface area (Å²) < 4.78 is 16.3. The van der Waals surface area contributed by atoms with E-state index in [1.807, 2.05) is 24.3 Å². The molecule has 110 valence electrons. The molecule has 0 aromatic heterocycles. The van der Waals surface area contributed by atoms with Gasteiger partial charge in [-0.05, 0) is 24.1 Å². The Morgan fingerprint density at radius 1 is 1.30 bits per heavy atom. The van der Waals surface area contributed by atoms with Crippen LogP contribution in [0.3, 0.4) is 0 Å². The third kappa shape index (κ3) is 4.21. The first-order valence-electron chi connectivity index (χ1n) is 6.86. The molecule has 0 amide bonds. The first-order valence-corrected chi connectivity index (χ1v) is 6.86. The molecular weight excluding hydrogens is 260 g/mol. The van der Waals surface area contributed by atoms with Crippen molar-refractivity contribution in [1.29, 1.82) is 0 Å². The van der Waals surface area contributed by atoms with Gasteiger partial charge in [0.25, 0.3) is 0 Å². The van der Waals surface area contributed by atoms with Gasteiger partial charge in [0.1, 0.15) is 11.7 Å². The topological polar surface area (TPSA) is 65.0 Å². The minimum atomic E-state index is -0.874. The van der Waals surface area contributed by atoms with Gasteiger partial charge in [-0.3, -0.25) is 4.79 Å². The van der Waals surface area contributed by atoms with Gasteiger partial charge in [-0.2, -0.15) is 0 Å². The highest BCUT2D eigenvalue weighted by Gasteiger charge is 2.27. The van der Waals surface area contributed by atoms with Crippen molar-refractivity contribution in [3.8, 4) is 5.75 Å². The van der Waals surface area contributed by atoms with E-state index in [9.17, 15) is 4.79 Å². The zero-order valence-corrected chi connectivity index (χ0v) is 11.6. The molecule has 1 aromatic carbocycles. The van der Waals surface area contributed by atoms with Crippen molar-refractivity contribution in [2.24, 2.45) is 5.92 Å². The monoisotopic (exact) mass is 280 g/mol. The summed E-state index contributed by atoms with van der Waals surface area (Å²) in [6.07, 6.45) is 1.23. The fourth-order valence-corrected chi connectivity index (χ4v) is 1.94. The maximum atomic E-state index is 10.8. The second kappa shape index (κ2) is 7.26. The van der Waals surface area contributed by atoms with Crippen LogP contribution in [0, 0.1) is 5.92 Å². The summed E-state index contributed by atoms with van der Waals surface area (Å²) in [6, 6.07) is 7.80. The van der Waals surface area contributed by atoms with Gasteiger partial charge in [-0.15, -0.1) is 0 Å². The lowest BCUT2D eigenvalue weighted by molar-refractivity contribution is -0.206. The standard InChI is InChI=1S/C15H20O5/c1-2-7-18-13-5-3-11(4-6-13)8-14-19-9-12(10-20-14)15(16)17/h3-6,12,14H,2,7-10H2,1H3,(H,16,17). The lowest BCUT2D eigenvalue weighted by Crippen LogP contribution is -2.37. The number of benzene rings is 1. The molecule has 5 heteroatoms. The smallest absolute Gasteiger partial charge is 0.311 e. The predicted molar refractivity (Wildman–Crippen MR) is 72.7 cm³/mol. The lowest BCUT2D eigenvalue weighted by atomic mass is 10.1. The molecule has 0 spiro atoms. The van der Waals surface area contributed by atoms with Crippen LogP contribution in [0.5, 0.6) is 5.75 Å². The quantitative estimate of drug-likeness (QED) is 0.864. The third-order valence-corrected chi connectivity index (χ3v) is 3.11. The molecule has 1 aliphatic heterocycles. The van der Waals surface area contributed by atoms with Crippen molar-refractivity contribution in [2.75, 3.05) is 19.8 Å². The highest BCUT2D eigenvalue weighted by atomic mass is 16.7. The van der Waals surface area contributed by atoms with Gasteiger partial charge < -0.3 is 19.3 Å². The Kier molecular flexibility index (Phi) is 5.38. The lowest BCUT2D eigenvalue weighted by Gasteiger charge is -2.27. The molecule has 0 atom stereocenters. The average Bonchev–Trinajstić information content (AvgIpc) is 2.47. The zero-order valence-electron chi connectivity index (χ0n) is 11.6. The van der Waals surface area contributed by atoms with Crippen LogP contribution in [0.4, 0.5) is 0 Å². The maximum absolute atomic E-state index is 10.8. The van der Waals surface area contributed by atoms with Gasteiger partial charge >= 0.3 is 5.97 Å². The number of carboxylic acids is 1. The Morgan fingerprint density at radius 3 is 2.50 bits per heavy atom. The fraction of sp³-hybridized carbons (Fsp3) is 0.533. The number of hydrogen-bond acceptors (Lipinski definition) is 4. The summed E-state index contributed by atoms with van der Waals surface area (Å²) in [5, 5.41) is 8.84. The van der Waals surface area contributed by atoms with Gasteiger partial charge in [-0.25, -0.2) is 0 Å². The average molecular weight is 280 g/mol. The van der Waals surface area contributed by atoms with Crippen LogP contribution in [-0.4, -0.2) is 37.2 Å². The van der Waals surface area contributed by atoms with E-state index in [4.69, 9.17) is 19.3 Å². The highest BCUT2D eigenvalue weighted by molar-refractivity contribution is 5.70. The molecule has 1 aliphatic rings. The van der Waals surface area contributed by atoms with E-state index in [1.165, 1.54) is 0 Å². The van der Waals surface area contributed by atoms with E-state index in [0.717, 1.165) is 17.7 Å². The minimum Gasteiger partial charge on any atom is -0.494 e. The van der Waals surface area contributed by atoms with Crippen LogP contribution < -0.4 is 4.74 Å². The van der Waals surface area contributed by atoms with Crippen molar-refractivity contribution in [3.05, 3.63) is 29.8 Å². The molecule has 0 unspecified atom stereocenters. The summed E-state index contributed by atoms with van der Waals surface area (Å²) in [7, 11) is 0. The summed E-state index contributed by atoms with van der Waals surface area (Å²) >= 11 is 0. The number of carboxylic acid groups (broad SMARTS) is 1. The van der Waals surface area contributed by atoms with Crippen LogP contribution in [0.1, 0.15) is 18.9 Å². The molecule has 1 N–H and O–H groups in total. The van der Waals surface area contributed by atoms with E-state index in [2.05, 4.69) is 6.92 Å². The van der Waals surface area contributed by atoms with E-state index in [-0.39, 0.29) is 19.5 Å². The molecule has 0 bridgehead atoms. The van der Waals surface area contributed by atoms with Gasteiger partial charge in [0.15, 0.2) is 6.29 Å². The second-order valence-electron chi connectivity index (χ2n) is 4.83. The Hall–Kier alpha value is -1.59. The molecule has 5 nitrogen and oxygen atoms in total. The summed E-state index contributed by atoms with van der Waals surface area (Å²) in [5.41, 5.74) is 1.08. The molecule has 1 aromatic rings. The highest BCUT2D eigenvalue weighted by Crippen LogP contribution is 2.18. The van der Waals surface area contributed by atoms with Crippen LogP contribution in [0.2, 0.25) is 0 Å². The molecule has 20 heavy (non-hydrogen) atoms. The Bertz CT molecular complexity index is 420. The molecule has 0 aliphatic carbocycles. The molecule has 0 saturated carbocycles. The first kappa shape index (κ1) is 14.8. The molecule has 1 heterocycles. The van der Waals surface area contributed by atoms with E-state index >= 15 is 0 Å². The number of ether oxygens (including phenoxy) is 3. The van der Waals surface area contributed by atoms with Crippen LogP contribution in [0.25, 0.3) is 0 Å². The minimum absolute atomic E-state index is 0.206.